The topological polar surface area (TPSA) is 117 Å². The van der Waals surface area contributed by atoms with Crippen LogP contribution in [0.4, 0.5) is 4.79 Å². The number of amides is 1. The van der Waals surface area contributed by atoms with Crippen molar-refractivity contribution in [3.8, 4) is 0 Å². The first-order valence-corrected chi connectivity index (χ1v) is 8.82. The zero-order valence-electron chi connectivity index (χ0n) is 17.4. The molecule has 0 aromatic rings. The Morgan fingerprint density at radius 1 is 0.690 bits per heavy atom. The number of carbonyl (C=O) groups excluding carboxylic acids is 4. The van der Waals surface area contributed by atoms with E-state index in [2.05, 4.69) is 25.1 Å². The lowest BCUT2D eigenvalue weighted by molar-refractivity contribution is -0.160. The Bertz CT molecular complexity index is 606. The number of hydrogen-bond acceptors (Lipinski definition) is 8. The maximum atomic E-state index is 11.8. The van der Waals surface area contributed by atoms with Crippen molar-refractivity contribution in [2.45, 2.75) is 27.7 Å². The van der Waals surface area contributed by atoms with Crippen molar-refractivity contribution in [1.82, 2.24) is 5.32 Å². The van der Waals surface area contributed by atoms with Crippen LogP contribution in [0.5, 0.6) is 0 Å². The summed E-state index contributed by atoms with van der Waals surface area (Å²) in [6.07, 6.45) is -0.736. The van der Waals surface area contributed by atoms with E-state index in [1.54, 1.807) is 6.92 Å². The van der Waals surface area contributed by atoms with Crippen molar-refractivity contribution < 1.29 is 38.1 Å². The van der Waals surface area contributed by atoms with Gasteiger partial charge in [-0.25, -0.2) is 19.2 Å². The van der Waals surface area contributed by atoms with Gasteiger partial charge < -0.3 is 24.3 Å². The van der Waals surface area contributed by atoms with Crippen molar-refractivity contribution in [1.29, 1.82) is 0 Å². The first-order valence-electron chi connectivity index (χ1n) is 8.82. The second kappa shape index (κ2) is 12.4. The molecule has 0 aliphatic carbocycles. The fourth-order valence-electron chi connectivity index (χ4n) is 1.69. The number of ether oxygens (including phenoxy) is 4. The minimum atomic E-state index is -1.35. The van der Waals surface area contributed by atoms with Crippen LogP contribution in [-0.2, 0) is 33.3 Å². The third-order valence-electron chi connectivity index (χ3n) is 3.40. The molecule has 162 valence electrons. The zero-order chi connectivity index (χ0) is 22.6. The summed E-state index contributed by atoms with van der Waals surface area (Å²) in [5, 5.41) is 2.44. The number of hydrogen-bond donors (Lipinski definition) is 1. The molecule has 0 rings (SSSR count). The summed E-state index contributed by atoms with van der Waals surface area (Å²) in [4.78, 5) is 47.2. The predicted molar refractivity (Wildman–Crippen MR) is 105 cm³/mol. The molecule has 0 heterocycles. The second-order valence-corrected chi connectivity index (χ2v) is 6.68. The van der Waals surface area contributed by atoms with Crippen LogP contribution in [0, 0.1) is 5.41 Å². The molecule has 0 aliphatic heterocycles. The lowest BCUT2D eigenvalue weighted by Crippen LogP contribution is -2.45. The molecule has 0 bridgehead atoms. The van der Waals surface area contributed by atoms with Gasteiger partial charge in [-0.2, -0.15) is 0 Å². The smallest absolute Gasteiger partial charge is 0.407 e. The van der Waals surface area contributed by atoms with Crippen molar-refractivity contribution in [3.05, 3.63) is 36.5 Å². The first kappa shape index (κ1) is 25.9. The van der Waals surface area contributed by atoms with Gasteiger partial charge in [0.1, 0.15) is 31.8 Å². The highest BCUT2D eigenvalue weighted by Gasteiger charge is 2.38. The van der Waals surface area contributed by atoms with Crippen molar-refractivity contribution in [2.75, 3.05) is 33.0 Å². The molecular weight excluding hydrogens is 382 g/mol. The molecule has 1 N–H and O–H groups in total. The van der Waals surface area contributed by atoms with E-state index in [4.69, 9.17) is 18.9 Å². The van der Waals surface area contributed by atoms with E-state index < -0.39 is 29.4 Å². The summed E-state index contributed by atoms with van der Waals surface area (Å²) in [6, 6.07) is 0. The van der Waals surface area contributed by atoms with Gasteiger partial charge in [-0.3, -0.25) is 0 Å². The Morgan fingerprint density at radius 3 is 1.28 bits per heavy atom. The van der Waals surface area contributed by atoms with E-state index in [0.717, 1.165) is 0 Å². The highest BCUT2D eigenvalue weighted by atomic mass is 16.6. The summed E-state index contributed by atoms with van der Waals surface area (Å²) in [6.45, 7) is 15.4. The SMILES string of the molecule is C=C(C)C(=O)OCC(COC(=O)NCC)(COC(=O)C(=C)C)COC(=O)C(=C)C. The van der Waals surface area contributed by atoms with Gasteiger partial charge in [0, 0.05) is 23.3 Å². The molecule has 29 heavy (non-hydrogen) atoms. The van der Waals surface area contributed by atoms with Crippen LogP contribution in [0.3, 0.4) is 0 Å². The summed E-state index contributed by atoms with van der Waals surface area (Å²) in [7, 11) is 0. The van der Waals surface area contributed by atoms with Gasteiger partial charge in [0.25, 0.3) is 0 Å². The summed E-state index contributed by atoms with van der Waals surface area (Å²) >= 11 is 0. The van der Waals surface area contributed by atoms with Gasteiger partial charge in [-0.1, -0.05) is 19.7 Å². The highest BCUT2D eigenvalue weighted by molar-refractivity contribution is 5.88. The van der Waals surface area contributed by atoms with Gasteiger partial charge in [-0.15, -0.1) is 0 Å². The molecule has 0 radical (unpaired) electrons. The lowest BCUT2D eigenvalue weighted by Gasteiger charge is -2.31. The Kier molecular flexibility index (Phi) is 11.1. The third kappa shape index (κ3) is 10.1. The molecular formula is C20H29NO8. The molecule has 1 amide bonds. The van der Waals surface area contributed by atoms with Gasteiger partial charge in [-0.05, 0) is 27.7 Å². The van der Waals surface area contributed by atoms with E-state index in [1.165, 1.54) is 20.8 Å². The Labute approximate surface area is 170 Å². The fourth-order valence-corrected chi connectivity index (χ4v) is 1.69. The van der Waals surface area contributed by atoms with Crippen LogP contribution in [0.15, 0.2) is 36.5 Å². The summed E-state index contributed by atoms with van der Waals surface area (Å²) < 4.78 is 20.6. The maximum absolute atomic E-state index is 11.8. The van der Waals surface area contributed by atoms with Gasteiger partial charge >= 0.3 is 24.0 Å². The molecule has 9 nitrogen and oxygen atoms in total. The Balaban J connectivity index is 5.60. The highest BCUT2D eigenvalue weighted by Crippen LogP contribution is 2.22. The van der Waals surface area contributed by atoms with Crippen molar-refractivity contribution in [3.63, 3.8) is 0 Å². The Hall–Kier alpha value is -3.10. The average molecular weight is 411 g/mol. The number of esters is 3. The number of nitrogens with one attached hydrogen (secondary N) is 1. The monoisotopic (exact) mass is 411 g/mol. The molecule has 0 fully saturated rings. The van der Waals surface area contributed by atoms with E-state index >= 15 is 0 Å². The minimum absolute atomic E-state index is 0.140. The predicted octanol–water partition coefficient (Wildman–Crippen LogP) is 2.08. The van der Waals surface area contributed by atoms with Gasteiger partial charge in [0.2, 0.25) is 0 Å². The molecule has 0 spiro atoms. The number of carbonyl (C=O) groups is 4. The molecule has 0 atom stereocenters. The average Bonchev–Trinajstić information content (AvgIpc) is 2.65. The van der Waals surface area contributed by atoms with Crippen LogP contribution in [0.1, 0.15) is 27.7 Å². The fraction of sp³-hybridized carbons (Fsp3) is 0.500. The van der Waals surface area contributed by atoms with Gasteiger partial charge in [0.05, 0.1) is 0 Å². The summed E-state index contributed by atoms with van der Waals surface area (Å²) in [5.74, 6) is -2.11. The number of alkyl carbamates (subject to hydrolysis) is 1. The van der Waals surface area contributed by atoms with Crippen LogP contribution < -0.4 is 5.32 Å². The second-order valence-electron chi connectivity index (χ2n) is 6.68. The van der Waals surface area contributed by atoms with E-state index in [-0.39, 0.29) is 43.1 Å². The molecule has 0 saturated heterocycles. The molecule has 0 aliphatic rings. The standard InChI is InChI=1S/C20H29NO8/c1-8-21-19(25)29-12-20(9-26-16(22)13(2)3,10-27-17(23)14(4)5)11-28-18(24)15(6)7/h2,4,6,8-12H2,1,3,5,7H3,(H,21,25). The van der Waals surface area contributed by atoms with E-state index in [9.17, 15) is 19.2 Å². The lowest BCUT2D eigenvalue weighted by atomic mass is 9.92. The van der Waals surface area contributed by atoms with E-state index in [0.29, 0.717) is 6.54 Å². The maximum Gasteiger partial charge on any atom is 0.407 e. The quantitative estimate of drug-likeness (QED) is 0.295. The first-order chi connectivity index (χ1) is 13.4. The molecule has 0 saturated carbocycles. The van der Waals surface area contributed by atoms with Crippen molar-refractivity contribution >= 4 is 24.0 Å². The van der Waals surface area contributed by atoms with E-state index in [1.807, 2.05) is 0 Å². The third-order valence-corrected chi connectivity index (χ3v) is 3.40. The minimum Gasteiger partial charge on any atom is -0.461 e. The number of rotatable bonds is 12. The molecule has 0 aromatic carbocycles. The van der Waals surface area contributed by atoms with Crippen LogP contribution in [0.25, 0.3) is 0 Å². The molecule has 0 unspecified atom stereocenters. The van der Waals surface area contributed by atoms with Crippen LogP contribution in [0.2, 0.25) is 0 Å². The molecule has 0 aromatic heterocycles. The van der Waals surface area contributed by atoms with Crippen molar-refractivity contribution in [2.24, 2.45) is 5.41 Å². The largest absolute Gasteiger partial charge is 0.461 e. The summed E-state index contributed by atoms with van der Waals surface area (Å²) in [5.41, 5.74) is -0.934. The normalized spacial score (nSPS) is 10.3. The van der Waals surface area contributed by atoms with Gasteiger partial charge in [0.15, 0.2) is 0 Å². The van der Waals surface area contributed by atoms with Crippen LogP contribution >= 0.6 is 0 Å². The zero-order valence-corrected chi connectivity index (χ0v) is 17.4. The molecule has 9 heteroatoms. The Morgan fingerprint density at radius 2 is 1.00 bits per heavy atom. The van der Waals surface area contributed by atoms with Crippen LogP contribution in [-0.4, -0.2) is 57.0 Å².